The minimum atomic E-state index is 0.0947. The van der Waals surface area contributed by atoms with Gasteiger partial charge in [0.25, 0.3) is 0 Å². The molecular weight excluding hydrogens is 396 g/mol. The average molecular weight is 413 g/mol. The molecule has 5 rings (SSSR count). The first-order chi connectivity index (χ1) is 13.7. The van der Waals surface area contributed by atoms with Crippen LogP contribution in [-0.2, 0) is 24.2 Å². The number of nitrogens with zero attached hydrogens (tertiary/aromatic N) is 3. The highest BCUT2D eigenvalue weighted by atomic mass is 35.5. The molecule has 8 heteroatoms. The van der Waals surface area contributed by atoms with Crippen LogP contribution in [-0.4, -0.2) is 32.5 Å². The number of amides is 1. The Morgan fingerprint density at radius 1 is 1.32 bits per heavy atom. The highest BCUT2D eigenvalue weighted by Gasteiger charge is 2.24. The largest absolute Gasteiger partial charge is 0.421 e. The summed E-state index contributed by atoms with van der Waals surface area (Å²) in [5.41, 5.74) is 4.33. The van der Waals surface area contributed by atoms with Crippen molar-refractivity contribution in [3.8, 4) is 11.5 Å². The Bertz CT molecular complexity index is 1150. The van der Waals surface area contributed by atoms with Crippen LogP contribution in [0.1, 0.15) is 23.6 Å². The lowest BCUT2D eigenvalue weighted by Crippen LogP contribution is -2.35. The molecule has 142 valence electrons. The Morgan fingerprint density at radius 2 is 2.25 bits per heavy atom. The van der Waals surface area contributed by atoms with Gasteiger partial charge < -0.3 is 14.3 Å². The van der Waals surface area contributed by atoms with Crippen LogP contribution in [0.4, 0.5) is 0 Å². The van der Waals surface area contributed by atoms with Crippen molar-refractivity contribution in [3.63, 3.8) is 0 Å². The molecule has 1 aliphatic rings. The lowest BCUT2D eigenvalue weighted by Gasteiger charge is -2.27. The van der Waals surface area contributed by atoms with Crippen LogP contribution in [0.2, 0.25) is 5.02 Å². The first kappa shape index (κ1) is 17.5. The summed E-state index contributed by atoms with van der Waals surface area (Å²) in [6, 6.07) is 7.77. The highest BCUT2D eigenvalue weighted by Crippen LogP contribution is 2.30. The van der Waals surface area contributed by atoms with Gasteiger partial charge in [-0.3, -0.25) is 4.79 Å². The lowest BCUT2D eigenvalue weighted by atomic mass is 10.0. The van der Waals surface area contributed by atoms with Crippen LogP contribution in [0.25, 0.3) is 22.4 Å². The van der Waals surface area contributed by atoms with Crippen molar-refractivity contribution in [1.29, 1.82) is 0 Å². The fraction of sp³-hybridized carbons (Fsp3) is 0.250. The Balaban J connectivity index is 1.27. The second-order valence-electron chi connectivity index (χ2n) is 6.85. The summed E-state index contributed by atoms with van der Waals surface area (Å²) in [5, 5.41) is 13.8. The molecule has 3 aromatic heterocycles. The van der Waals surface area contributed by atoms with Gasteiger partial charge in [0.2, 0.25) is 17.7 Å². The van der Waals surface area contributed by atoms with Crippen LogP contribution >= 0.6 is 22.9 Å². The highest BCUT2D eigenvalue weighted by molar-refractivity contribution is 7.08. The molecule has 6 nitrogen and oxygen atoms in total. The summed E-state index contributed by atoms with van der Waals surface area (Å²) in [5.74, 6) is 1.09. The Morgan fingerprint density at radius 3 is 3.11 bits per heavy atom. The van der Waals surface area contributed by atoms with Crippen LogP contribution in [0.15, 0.2) is 39.4 Å². The first-order valence-corrected chi connectivity index (χ1v) is 10.4. The number of rotatable bonds is 4. The van der Waals surface area contributed by atoms with E-state index in [2.05, 4.69) is 15.2 Å². The van der Waals surface area contributed by atoms with E-state index < -0.39 is 0 Å². The molecule has 0 radical (unpaired) electrons. The summed E-state index contributed by atoms with van der Waals surface area (Å²) in [7, 11) is 0. The van der Waals surface area contributed by atoms with Gasteiger partial charge in [0.05, 0.1) is 0 Å². The van der Waals surface area contributed by atoms with E-state index in [9.17, 15) is 4.79 Å². The molecule has 4 aromatic rings. The molecule has 0 bridgehead atoms. The molecule has 0 aliphatic carbocycles. The summed E-state index contributed by atoms with van der Waals surface area (Å²) >= 11 is 7.73. The second-order valence-corrected chi connectivity index (χ2v) is 8.07. The lowest BCUT2D eigenvalue weighted by molar-refractivity contribution is -0.132. The van der Waals surface area contributed by atoms with Gasteiger partial charge >= 0.3 is 0 Å². The fourth-order valence-electron chi connectivity index (χ4n) is 3.63. The van der Waals surface area contributed by atoms with Crippen molar-refractivity contribution in [2.45, 2.75) is 25.8 Å². The van der Waals surface area contributed by atoms with E-state index in [4.69, 9.17) is 16.0 Å². The molecule has 0 atom stereocenters. The first-order valence-electron chi connectivity index (χ1n) is 9.09. The monoisotopic (exact) mass is 412 g/mol. The molecule has 0 unspecified atom stereocenters. The van der Waals surface area contributed by atoms with Gasteiger partial charge in [-0.15, -0.1) is 10.2 Å². The molecule has 0 spiro atoms. The van der Waals surface area contributed by atoms with Crippen molar-refractivity contribution < 1.29 is 9.21 Å². The van der Waals surface area contributed by atoms with Crippen molar-refractivity contribution >= 4 is 39.7 Å². The molecule has 1 aromatic carbocycles. The van der Waals surface area contributed by atoms with E-state index in [1.54, 1.807) is 11.3 Å². The molecule has 0 fully saturated rings. The molecule has 28 heavy (non-hydrogen) atoms. The van der Waals surface area contributed by atoms with Gasteiger partial charge in [0.15, 0.2) is 0 Å². The Hall–Kier alpha value is -2.64. The Kier molecular flexibility index (Phi) is 4.41. The van der Waals surface area contributed by atoms with E-state index in [1.807, 2.05) is 39.9 Å². The standard InChI is InChI=1S/C20H17ClN4O2S/c21-13-1-2-16-14(9-13)15-10-25(7-5-17(15)22-16)19(26)4-3-18-23-24-20(27-18)12-6-8-28-11-12/h1-2,6,8-9,11,22H,3-5,7,10H2. The number of fused-ring (bicyclic) bond motifs is 3. The smallest absolute Gasteiger partial charge is 0.248 e. The predicted molar refractivity (Wildman–Crippen MR) is 108 cm³/mol. The van der Waals surface area contributed by atoms with Crippen molar-refractivity contribution in [2.75, 3.05) is 6.54 Å². The van der Waals surface area contributed by atoms with Gasteiger partial charge in [0.1, 0.15) is 0 Å². The normalized spacial score (nSPS) is 13.8. The number of aromatic nitrogens is 3. The number of carbonyl (C=O) groups is 1. The molecule has 0 saturated carbocycles. The predicted octanol–water partition coefficient (Wildman–Crippen LogP) is 4.45. The zero-order chi connectivity index (χ0) is 19.1. The van der Waals surface area contributed by atoms with E-state index in [0.717, 1.165) is 28.5 Å². The average Bonchev–Trinajstić information content (AvgIpc) is 3.44. The SMILES string of the molecule is O=C(CCc1nnc(-c2ccsc2)o1)N1CCc2[nH]c3ccc(Cl)cc3c2C1. The third-order valence-electron chi connectivity index (χ3n) is 5.08. The summed E-state index contributed by atoms with van der Waals surface area (Å²) in [6.07, 6.45) is 1.61. The molecule has 1 aliphatic heterocycles. The van der Waals surface area contributed by atoms with Crippen molar-refractivity contribution in [2.24, 2.45) is 0 Å². The number of benzene rings is 1. The number of H-pyrrole nitrogens is 1. The summed E-state index contributed by atoms with van der Waals surface area (Å²) in [4.78, 5) is 18.1. The van der Waals surface area contributed by atoms with Crippen LogP contribution in [0.5, 0.6) is 0 Å². The van der Waals surface area contributed by atoms with Crippen LogP contribution in [0.3, 0.4) is 0 Å². The maximum atomic E-state index is 12.7. The molecule has 1 amide bonds. The number of carbonyl (C=O) groups excluding carboxylic acids is 1. The minimum absolute atomic E-state index is 0.0947. The van der Waals surface area contributed by atoms with E-state index in [1.165, 1.54) is 5.69 Å². The third-order valence-corrected chi connectivity index (χ3v) is 6.00. The van der Waals surface area contributed by atoms with Gasteiger partial charge in [-0.05, 0) is 29.6 Å². The Labute approximate surface area is 170 Å². The number of aromatic amines is 1. The topological polar surface area (TPSA) is 75.0 Å². The number of halogens is 1. The molecular formula is C20H17ClN4O2S. The number of thiophene rings is 1. The number of aryl methyl sites for hydroxylation is 1. The van der Waals surface area contributed by atoms with Gasteiger partial charge in [-0.2, -0.15) is 11.3 Å². The molecule has 1 N–H and O–H groups in total. The van der Waals surface area contributed by atoms with Crippen LogP contribution < -0.4 is 0 Å². The molecule has 0 saturated heterocycles. The van der Waals surface area contributed by atoms with E-state index >= 15 is 0 Å². The maximum absolute atomic E-state index is 12.7. The van der Waals surface area contributed by atoms with Crippen molar-refractivity contribution in [3.05, 3.63) is 57.2 Å². The van der Waals surface area contributed by atoms with Gasteiger partial charge in [-0.1, -0.05) is 11.6 Å². The number of nitrogens with one attached hydrogen (secondary N) is 1. The maximum Gasteiger partial charge on any atom is 0.248 e. The zero-order valence-electron chi connectivity index (χ0n) is 14.9. The summed E-state index contributed by atoms with van der Waals surface area (Å²) in [6.45, 7) is 1.30. The van der Waals surface area contributed by atoms with E-state index in [-0.39, 0.29) is 5.91 Å². The fourth-order valence-corrected chi connectivity index (χ4v) is 4.43. The third kappa shape index (κ3) is 3.21. The number of hydrogen-bond donors (Lipinski definition) is 1. The van der Waals surface area contributed by atoms with Gasteiger partial charge in [0, 0.05) is 70.5 Å². The van der Waals surface area contributed by atoms with Crippen LogP contribution in [0, 0.1) is 0 Å². The molecule has 4 heterocycles. The quantitative estimate of drug-likeness (QED) is 0.537. The van der Waals surface area contributed by atoms with Gasteiger partial charge in [-0.25, -0.2) is 0 Å². The number of hydrogen-bond acceptors (Lipinski definition) is 5. The van der Waals surface area contributed by atoms with E-state index in [0.29, 0.717) is 42.7 Å². The second kappa shape index (κ2) is 7.07. The zero-order valence-corrected chi connectivity index (χ0v) is 16.5. The van der Waals surface area contributed by atoms with Crippen molar-refractivity contribution in [1.82, 2.24) is 20.1 Å². The minimum Gasteiger partial charge on any atom is -0.421 e. The summed E-state index contributed by atoms with van der Waals surface area (Å²) < 4.78 is 5.67.